The van der Waals surface area contributed by atoms with Crippen LogP contribution in [0.3, 0.4) is 0 Å². The Kier molecular flexibility index (Phi) is 4.38. The highest BCUT2D eigenvalue weighted by atomic mass is 35.5. The summed E-state index contributed by atoms with van der Waals surface area (Å²) < 4.78 is 32.1. The first-order chi connectivity index (χ1) is 8.96. The first kappa shape index (κ1) is 14.6. The molecule has 0 saturated carbocycles. The molecule has 1 fully saturated rings. The average molecular weight is 304 g/mol. The van der Waals surface area contributed by atoms with Crippen LogP contribution in [-0.4, -0.2) is 32.4 Å². The van der Waals surface area contributed by atoms with E-state index >= 15 is 0 Å². The van der Waals surface area contributed by atoms with Crippen LogP contribution in [0.2, 0.25) is 5.02 Å². The molecule has 2 rings (SSSR count). The van der Waals surface area contributed by atoms with Gasteiger partial charge in [-0.25, -0.2) is 8.42 Å². The molecule has 0 N–H and O–H groups in total. The zero-order valence-corrected chi connectivity index (χ0v) is 12.7. The van der Waals surface area contributed by atoms with E-state index in [1.165, 1.54) is 13.2 Å². The van der Waals surface area contributed by atoms with Crippen molar-refractivity contribution in [3.8, 4) is 5.75 Å². The van der Waals surface area contributed by atoms with Crippen molar-refractivity contribution < 1.29 is 13.2 Å². The van der Waals surface area contributed by atoms with Crippen LogP contribution >= 0.6 is 11.6 Å². The van der Waals surface area contributed by atoms with Crippen molar-refractivity contribution in [1.82, 2.24) is 4.31 Å². The SMILES string of the molecule is COc1ccc(Cl)cc1S(=O)(=O)N1CCCCC1C. The fourth-order valence-corrected chi connectivity index (χ4v) is 4.53. The highest BCUT2D eigenvalue weighted by molar-refractivity contribution is 7.89. The smallest absolute Gasteiger partial charge is 0.247 e. The van der Waals surface area contributed by atoms with Crippen molar-refractivity contribution in [2.45, 2.75) is 37.1 Å². The summed E-state index contributed by atoms with van der Waals surface area (Å²) in [7, 11) is -2.09. The molecule has 0 aliphatic carbocycles. The lowest BCUT2D eigenvalue weighted by Gasteiger charge is -2.32. The second-order valence-corrected chi connectivity index (χ2v) is 7.05. The molecule has 1 aromatic rings. The van der Waals surface area contributed by atoms with Crippen LogP contribution in [0.25, 0.3) is 0 Å². The van der Waals surface area contributed by atoms with Gasteiger partial charge in [-0.2, -0.15) is 4.31 Å². The van der Waals surface area contributed by atoms with Crippen molar-refractivity contribution >= 4 is 21.6 Å². The summed E-state index contributed by atoms with van der Waals surface area (Å²) in [6.45, 7) is 2.49. The van der Waals surface area contributed by atoms with Gasteiger partial charge in [-0.15, -0.1) is 0 Å². The Balaban J connectivity index is 2.46. The van der Waals surface area contributed by atoms with E-state index in [0.717, 1.165) is 19.3 Å². The number of ether oxygens (including phenoxy) is 1. The molecular formula is C13H18ClNO3S. The van der Waals surface area contributed by atoms with Gasteiger partial charge in [0.05, 0.1) is 7.11 Å². The van der Waals surface area contributed by atoms with Crippen LogP contribution in [0.4, 0.5) is 0 Å². The van der Waals surface area contributed by atoms with Crippen molar-refractivity contribution in [2.24, 2.45) is 0 Å². The van der Waals surface area contributed by atoms with E-state index in [2.05, 4.69) is 0 Å². The van der Waals surface area contributed by atoms with Gasteiger partial charge < -0.3 is 4.74 Å². The van der Waals surface area contributed by atoms with Gasteiger partial charge in [-0.3, -0.25) is 0 Å². The van der Waals surface area contributed by atoms with Crippen molar-refractivity contribution in [1.29, 1.82) is 0 Å². The third kappa shape index (κ3) is 2.88. The minimum absolute atomic E-state index is 0.0161. The minimum atomic E-state index is -3.55. The molecule has 19 heavy (non-hydrogen) atoms. The first-order valence-electron chi connectivity index (χ1n) is 6.32. The van der Waals surface area contributed by atoms with E-state index in [-0.39, 0.29) is 10.9 Å². The number of methoxy groups -OCH3 is 1. The summed E-state index contributed by atoms with van der Waals surface area (Å²) in [5, 5.41) is 0.393. The number of sulfonamides is 1. The predicted octanol–water partition coefficient (Wildman–Crippen LogP) is 2.91. The molecule has 0 spiro atoms. The standard InChI is InChI=1S/C13H18ClNO3S/c1-10-5-3-4-8-15(10)19(16,17)13-9-11(14)6-7-12(13)18-2/h6-7,9-10H,3-5,8H2,1-2H3. The Bertz CT molecular complexity index is 559. The molecule has 6 heteroatoms. The van der Waals surface area contributed by atoms with Crippen LogP contribution in [0, 0.1) is 0 Å². The molecule has 1 aromatic carbocycles. The summed E-state index contributed by atoms with van der Waals surface area (Å²) in [4.78, 5) is 0.149. The Morgan fingerprint density at radius 3 is 2.74 bits per heavy atom. The van der Waals surface area contributed by atoms with Crippen LogP contribution in [0.5, 0.6) is 5.75 Å². The predicted molar refractivity (Wildman–Crippen MR) is 75.2 cm³/mol. The van der Waals surface area contributed by atoms with Gasteiger partial charge >= 0.3 is 0 Å². The number of rotatable bonds is 3. The van der Waals surface area contributed by atoms with E-state index in [0.29, 0.717) is 17.3 Å². The van der Waals surface area contributed by atoms with Gasteiger partial charge in [0.25, 0.3) is 0 Å². The van der Waals surface area contributed by atoms with Crippen molar-refractivity contribution in [3.63, 3.8) is 0 Å². The van der Waals surface area contributed by atoms with E-state index < -0.39 is 10.0 Å². The quantitative estimate of drug-likeness (QED) is 0.862. The van der Waals surface area contributed by atoms with E-state index in [4.69, 9.17) is 16.3 Å². The van der Waals surface area contributed by atoms with Gasteiger partial charge in [0.1, 0.15) is 10.6 Å². The number of piperidine rings is 1. The Hall–Kier alpha value is -0.780. The summed E-state index contributed by atoms with van der Waals surface area (Å²) in [5.41, 5.74) is 0. The molecule has 1 atom stereocenters. The monoisotopic (exact) mass is 303 g/mol. The molecule has 0 amide bonds. The largest absolute Gasteiger partial charge is 0.495 e. The second-order valence-electron chi connectivity index (χ2n) is 4.76. The van der Waals surface area contributed by atoms with E-state index in [1.54, 1.807) is 16.4 Å². The van der Waals surface area contributed by atoms with E-state index in [9.17, 15) is 8.42 Å². The normalized spacial score (nSPS) is 21.3. The zero-order chi connectivity index (χ0) is 14.0. The topological polar surface area (TPSA) is 46.6 Å². The zero-order valence-electron chi connectivity index (χ0n) is 11.1. The minimum Gasteiger partial charge on any atom is -0.495 e. The molecule has 1 aliphatic rings. The molecule has 1 aliphatic heterocycles. The maximum Gasteiger partial charge on any atom is 0.247 e. The average Bonchev–Trinajstić information content (AvgIpc) is 2.39. The van der Waals surface area contributed by atoms with E-state index in [1.807, 2.05) is 6.92 Å². The molecule has 0 bridgehead atoms. The third-order valence-electron chi connectivity index (χ3n) is 3.45. The highest BCUT2D eigenvalue weighted by Crippen LogP contribution is 2.32. The lowest BCUT2D eigenvalue weighted by molar-refractivity contribution is 0.267. The third-order valence-corrected chi connectivity index (χ3v) is 5.72. The number of hydrogen-bond donors (Lipinski definition) is 0. The molecule has 0 aromatic heterocycles. The lowest BCUT2D eigenvalue weighted by atomic mass is 10.1. The van der Waals surface area contributed by atoms with Gasteiger partial charge in [-0.1, -0.05) is 18.0 Å². The van der Waals surface area contributed by atoms with Crippen molar-refractivity contribution in [3.05, 3.63) is 23.2 Å². The molecular weight excluding hydrogens is 286 g/mol. The van der Waals surface area contributed by atoms with Gasteiger partial charge in [0.15, 0.2) is 0 Å². The van der Waals surface area contributed by atoms with Gasteiger partial charge in [0.2, 0.25) is 10.0 Å². The van der Waals surface area contributed by atoms with Gasteiger partial charge in [-0.05, 0) is 38.0 Å². The number of benzene rings is 1. The van der Waals surface area contributed by atoms with Crippen LogP contribution < -0.4 is 4.74 Å². The fourth-order valence-electron chi connectivity index (χ4n) is 2.41. The fraction of sp³-hybridized carbons (Fsp3) is 0.538. The number of halogens is 1. The lowest BCUT2D eigenvalue weighted by Crippen LogP contribution is -2.42. The van der Waals surface area contributed by atoms with Gasteiger partial charge in [0, 0.05) is 17.6 Å². The number of hydrogen-bond acceptors (Lipinski definition) is 3. The molecule has 1 unspecified atom stereocenters. The molecule has 1 heterocycles. The van der Waals surface area contributed by atoms with Crippen molar-refractivity contribution in [2.75, 3.05) is 13.7 Å². The Morgan fingerprint density at radius 2 is 2.11 bits per heavy atom. The highest BCUT2D eigenvalue weighted by Gasteiger charge is 2.33. The first-order valence-corrected chi connectivity index (χ1v) is 8.14. The Morgan fingerprint density at radius 1 is 1.37 bits per heavy atom. The molecule has 0 radical (unpaired) electrons. The summed E-state index contributed by atoms with van der Waals surface area (Å²) in [6, 6.07) is 4.68. The van der Waals surface area contributed by atoms with Crippen LogP contribution in [0.1, 0.15) is 26.2 Å². The van der Waals surface area contributed by atoms with Crippen LogP contribution in [-0.2, 0) is 10.0 Å². The molecule has 1 saturated heterocycles. The summed E-state index contributed by atoms with van der Waals surface area (Å²) >= 11 is 5.92. The summed E-state index contributed by atoms with van der Waals surface area (Å²) in [6.07, 6.45) is 2.86. The number of nitrogens with zero attached hydrogens (tertiary/aromatic N) is 1. The van der Waals surface area contributed by atoms with Crippen LogP contribution in [0.15, 0.2) is 23.1 Å². The molecule has 4 nitrogen and oxygen atoms in total. The summed E-state index contributed by atoms with van der Waals surface area (Å²) in [5.74, 6) is 0.335. The Labute approximate surface area is 119 Å². The maximum atomic E-state index is 12.7. The second kappa shape index (κ2) is 5.69. The molecule has 106 valence electrons. The maximum absolute atomic E-state index is 12.7.